The first-order chi connectivity index (χ1) is 21.5. The smallest absolute Gasteiger partial charge is 0.407 e. The topological polar surface area (TPSA) is 116 Å². The fraction of sp³-hybridized carbons (Fsp3) is 0.182. The van der Waals surface area contributed by atoms with Crippen LogP contribution in [0.5, 0.6) is 0 Å². The molecule has 11 heteroatoms. The summed E-state index contributed by atoms with van der Waals surface area (Å²) >= 11 is 1.59. The number of benzene rings is 3. The molecule has 0 aliphatic carbocycles. The molecule has 2 aromatic heterocycles. The Morgan fingerprint density at radius 1 is 0.955 bits per heavy atom. The van der Waals surface area contributed by atoms with Crippen LogP contribution in [0.1, 0.15) is 27.8 Å². The maximum absolute atomic E-state index is 14.0. The van der Waals surface area contributed by atoms with Gasteiger partial charge in [0, 0.05) is 30.3 Å². The van der Waals surface area contributed by atoms with E-state index in [1.54, 1.807) is 41.1 Å². The van der Waals surface area contributed by atoms with Crippen LogP contribution in [-0.4, -0.2) is 55.8 Å². The van der Waals surface area contributed by atoms with Gasteiger partial charge in [0.05, 0.1) is 22.1 Å². The molecule has 2 aliphatic heterocycles. The van der Waals surface area contributed by atoms with Crippen LogP contribution in [-0.2, 0) is 22.6 Å². The van der Waals surface area contributed by atoms with Crippen LogP contribution in [0.4, 0.5) is 4.79 Å². The highest BCUT2D eigenvalue weighted by Crippen LogP contribution is 2.36. The quantitative estimate of drug-likeness (QED) is 0.301. The van der Waals surface area contributed by atoms with Gasteiger partial charge in [-0.1, -0.05) is 60.7 Å². The number of fused-ring (bicyclic) bond motifs is 5. The Morgan fingerprint density at radius 3 is 2.55 bits per heavy atom. The average Bonchev–Trinajstić information content (AvgIpc) is 3.43. The minimum Gasteiger partial charge on any atom is -0.445 e. The van der Waals surface area contributed by atoms with E-state index in [-0.39, 0.29) is 36.9 Å². The zero-order valence-electron chi connectivity index (χ0n) is 23.5. The highest BCUT2D eigenvalue weighted by Gasteiger charge is 2.40. The second kappa shape index (κ2) is 11.5. The van der Waals surface area contributed by atoms with Gasteiger partial charge in [-0.2, -0.15) is 0 Å². The van der Waals surface area contributed by atoms with Gasteiger partial charge in [-0.3, -0.25) is 23.5 Å². The molecule has 44 heavy (non-hydrogen) atoms. The molecule has 4 heterocycles. The molecule has 0 saturated carbocycles. The minimum atomic E-state index is -0.852. The van der Waals surface area contributed by atoms with E-state index >= 15 is 0 Å². The predicted octanol–water partition coefficient (Wildman–Crippen LogP) is 4.59. The Balaban J connectivity index is 1.20. The van der Waals surface area contributed by atoms with Crippen LogP contribution >= 0.6 is 11.8 Å². The van der Waals surface area contributed by atoms with E-state index in [1.807, 2.05) is 66.1 Å². The number of alkyl carbamates (subject to hydrolysis) is 1. The molecule has 0 unspecified atom stereocenters. The van der Waals surface area contributed by atoms with Crippen molar-refractivity contribution in [3.8, 4) is 0 Å². The summed E-state index contributed by atoms with van der Waals surface area (Å²) in [7, 11) is 0. The van der Waals surface area contributed by atoms with Crippen molar-refractivity contribution >= 4 is 57.2 Å². The summed E-state index contributed by atoms with van der Waals surface area (Å²) in [4.78, 5) is 60.0. The fourth-order valence-corrected chi connectivity index (χ4v) is 6.58. The largest absolute Gasteiger partial charge is 0.445 e. The molecule has 0 radical (unpaired) electrons. The van der Waals surface area contributed by atoms with Crippen molar-refractivity contribution in [2.24, 2.45) is 0 Å². The number of hydrogen-bond donors (Lipinski definition) is 1. The molecule has 10 nitrogen and oxygen atoms in total. The molecule has 2 aliphatic rings. The number of nitrogens with one attached hydrogen (secondary N) is 1. The number of nitrogens with zero attached hydrogens (tertiary/aromatic N) is 4. The van der Waals surface area contributed by atoms with E-state index < -0.39 is 12.1 Å². The number of amides is 2. The summed E-state index contributed by atoms with van der Waals surface area (Å²) in [6, 6.07) is 22.9. The number of hydrogen-bond acceptors (Lipinski definition) is 7. The number of para-hydroxylation sites is 2. The molecule has 7 rings (SSSR count). The third kappa shape index (κ3) is 4.94. The lowest BCUT2D eigenvalue weighted by Gasteiger charge is -2.38. The first kappa shape index (κ1) is 27.7. The van der Waals surface area contributed by atoms with Gasteiger partial charge in [0.1, 0.15) is 19.2 Å². The van der Waals surface area contributed by atoms with E-state index in [4.69, 9.17) is 9.72 Å². The van der Waals surface area contributed by atoms with E-state index in [0.29, 0.717) is 34.5 Å². The Morgan fingerprint density at radius 2 is 1.70 bits per heavy atom. The van der Waals surface area contributed by atoms with Gasteiger partial charge in [-0.15, -0.1) is 11.8 Å². The highest BCUT2D eigenvalue weighted by atomic mass is 32.2. The highest BCUT2D eigenvalue weighted by molar-refractivity contribution is 8.02. The summed E-state index contributed by atoms with van der Waals surface area (Å²) in [5.74, 6) is 0.647. The van der Waals surface area contributed by atoms with Crippen LogP contribution in [0.2, 0.25) is 0 Å². The van der Waals surface area contributed by atoms with E-state index in [1.165, 1.54) is 9.13 Å². The molecule has 0 saturated heterocycles. The third-order valence-electron chi connectivity index (χ3n) is 7.89. The third-order valence-corrected chi connectivity index (χ3v) is 8.70. The second-order valence-electron chi connectivity index (χ2n) is 10.6. The van der Waals surface area contributed by atoms with Crippen molar-refractivity contribution in [3.05, 3.63) is 118 Å². The summed E-state index contributed by atoms with van der Waals surface area (Å²) < 4.78 is 8.22. The minimum absolute atomic E-state index is 0.0878. The van der Waals surface area contributed by atoms with Gasteiger partial charge in [0.2, 0.25) is 0 Å². The monoisotopic (exact) mass is 605 g/mol. The molecule has 2 amide bonds. The molecule has 220 valence electrons. The summed E-state index contributed by atoms with van der Waals surface area (Å²) in [6.45, 7) is 0.317. The Hall–Kier alpha value is -5.16. The molecule has 0 fully saturated rings. The van der Waals surface area contributed by atoms with Crippen LogP contribution in [0, 0.1) is 0 Å². The summed E-state index contributed by atoms with van der Waals surface area (Å²) in [5, 5.41) is 5.64. The Labute approximate surface area is 255 Å². The van der Waals surface area contributed by atoms with Gasteiger partial charge in [-0.25, -0.2) is 9.78 Å². The number of carbonyl (C=O) groups excluding carboxylic acids is 3. The van der Waals surface area contributed by atoms with E-state index in [0.717, 1.165) is 22.3 Å². The van der Waals surface area contributed by atoms with Crippen molar-refractivity contribution in [3.63, 3.8) is 0 Å². The maximum Gasteiger partial charge on any atom is 0.407 e. The van der Waals surface area contributed by atoms with Crippen molar-refractivity contribution < 1.29 is 19.1 Å². The maximum atomic E-state index is 14.0. The van der Waals surface area contributed by atoms with Gasteiger partial charge >= 0.3 is 6.09 Å². The molecule has 1 atom stereocenters. The average molecular weight is 606 g/mol. The zero-order valence-corrected chi connectivity index (χ0v) is 24.3. The second-order valence-corrected chi connectivity index (χ2v) is 11.5. The number of carbonyl (C=O) groups is 3. The summed E-state index contributed by atoms with van der Waals surface area (Å²) in [6.07, 6.45) is 1.16. The zero-order chi connectivity index (χ0) is 30.2. The molecule has 5 aromatic rings. The standard InChI is InChI=1S/C33H27N5O5S/c39-29(17-34-33(42)43-19-21-8-2-1-3-9-21)37-18-22(23-10-5-7-13-26(23)37)16-27-32(41)36-14-15-44-20-28(36)30-35-25-12-6-4-11-24(25)31(40)38(27)30/h1-13,18,20,27H,14-17,19H2,(H,34,42)/t27-/m0/s1. The van der Waals surface area contributed by atoms with Crippen LogP contribution in [0.3, 0.4) is 0 Å². The van der Waals surface area contributed by atoms with Gasteiger partial charge in [0.25, 0.3) is 17.4 Å². The van der Waals surface area contributed by atoms with Crippen molar-refractivity contribution in [2.75, 3.05) is 18.8 Å². The van der Waals surface area contributed by atoms with Gasteiger partial charge < -0.3 is 15.0 Å². The number of rotatable bonds is 6. The molecule has 0 bridgehead atoms. The van der Waals surface area contributed by atoms with Crippen molar-refractivity contribution in [1.82, 2.24) is 24.3 Å². The van der Waals surface area contributed by atoms with Gasteiger partial charge in [-0.05, 0) is 34.7 Å². The predicted molar refractivity (Wildman–Crippen MR) is 168 cm³/mol. The lowest BCUT2D eigenvalue weighted by atomic mass is 10.0. The number of aromatic nitrogens is 3. The molecule has 1 N–H and O–H groups in total. The lowest BCUT2D eigenvalue weighted by Crippen LogP contribution is -2.48. The SMILES string of the molecule is O=C(NCC(=O)n1cc(C[C@H]2C(=O)N3CCSC=C3c3nc4ccccc4c(=O)n32)c2ccccc21)OCc1ccccc1. The molecule has 0 spiro atoms. The van der Waals surface area contributed by atoms with Crippen molar-refractivity contribution in [1.29, 1.82) is 0 Å². The van der Waals surface area contributed by atoms with Crippen LogP contribution in [0.25, 0.3) is 27.5 Å². The molecule has 3 aromatic carbocycles. The lowest BCUT2D eigenvalue weighted by molar-refractivity contribution is -0.132. The molecular formula is C33H27N5O5S. The Kier molecular flexibility index (Phi) is 7.23. The van der Waals surface area contributed by atoms with Crippen LogP contribution < -0.4 is 10.9 Å². The van der Waals surface area contributed by atoms with Gasteiger partial charge in [0.15, 0.2) is 5.82 Å². The first-order valence-corrected chi connectivity index (χ1v) is 15.3. The fourth-order valence-electron chi connectivity index (χ4n) is 5.79. The van der Waals surface area contributed by atoms with Crippen molar-refractivity contribution in [2.45, 2.75) is 19.1 Å². The first-order valence-electron chi connectivity index (χ1n) is 14.2. The summed E-state index contributed by atoms with van der Waals surface area (Å²) in [5.41, 5.74) is 3.12. The van der Waals surface area contributed by atoms with E-state index in [2.05, 4.69) is 5.32 Å². The molecular weight excluding hydrogens is 578 g/mol. The Bertz CT molecular complexity index is 2030. The van der Waals surface area contributed by atoms with E-state index in [9.17, 15) is 19.2 Å². The normalized spacial score (nSPS) is 15.9. The number of ether oxygens (including phenoxy) is 1. The number of thioether (sulfide) groups is 1. The van der Waals surface area contributed by atoms with Crippen LogP contribution in [0.15, 0.2) is 95.3 Å².